The van der Waals surface area contributed by atoms with Crippen LogP contribution in [0.1, 0.15) is 108 Å². The van der Waals surface area contributed by atoms with Crippen LogP contribution in [0.2, 0.25) is 115 Å². The van der Waals surface area contributed by atoms with Crippen molar-refractivity contribution in [3.8, 4) is 18.2 Å². The molecular weight excluding hydrogens is 2290 g/mol. The fourth-order valence-electron chi connectivity index (χ4n) is 15.2. The fourth-order valence-corrected chi connectivity index (χ4v) is 30.7. The lowest BCUT2D eigenvalue weighted by Gasteiger charge is -2.23. The second-order valence-corrected chi connectivity index (χ2v) is 74.2. The molecule has 0 fully saturated rings. The summed E-state index contributed by atoms with van der Waals surface area (Å²) in [6.07, 6.45) is 14.9. The minimum Gasteiger partial charge on any atom is -0.392 e. The Bertz CT molecular complexity index is 5590. The van der Waals surface area contributed by atoms with Gasteiger partial charge < -0.3 is 10.2 Å². The molecule has 0 aliphatic heterocycles. The first kappa shape index (κ1) is 126. The topological polar surface area (TPSA) is 112 Å². The molecule has 13 aromatic carbocycles. The molecule has 0 radical (unpaired) electrons. The molecule has 750 valence electrons. The van der Waals surface area contributed by atoms with Crippen LogP contribution in [0.25, 0.3) is 0 Å². The molecule has 0 bridgehead atoms. The molecule has 13 aromatic rings. The maximum absolute atomic E-state index is 9.13. The van der Waals surface area contributed by atoms with E-state index in [-0.39, 0.29) is 13.2 Å². The third-order valence-corrected chi connectivity index (χ3v) is 49.2. The van der Waals surface area contributed by atoms with Crippen molar-refractivity contribution in [1.29, 1.82) is 15.8 Å². The number of halogens is 7. The zero-order chi connectivity index (χ0) is 105. The summed E-state index contributed by atoms with van der Waals surface area (Å²) in [6, 6.07) is 125. The highest BCUT2D eigenvalue weighted by Crippen LogP contribution is 2.24. The molecule has 18 heteroatoms. The molecule has 2 N–H and O–H groups in total. The summed E-state index contributed by atoms with van der Waals surface area (Å²) >= 11 is 23.7. The number of nitrogens with zero attached hydrogens (tertiary/aromatic N) is 3. The Morgan fingerprint density at radius 3 is 0.563 bits per heavy atom. The maximum atomic E-state index is 9.13. The van der Waals surface area contributed by atoms with Gasteiger partial charge in [-0.3, -0.25) is 0 Å². The van der Waals surface area contributed by atoms with Crippen LogP contribution in [0, 0.1) is 68.6 Å². The summed E-state index contributed by atoms with van der Waals surface area (Å²) in [5, 5.41) is 55.5. The average molecular weight is 2450 g/mol. The van der Waals surface area contributed by atoms with Crippen LogP contribution < -0.4 is 31.1 Å². The zero-order valence-corrected chi connectivity index (χ0v) is 105. The van der Waals surface area contributed by atoms with Crippen LogP contribution in [0.5, 0.6) is 0 Å². The Morgan fingerprint density at radius 1 is 0.232 bits per heavy atom. The van der Waals surface area contributed by atoms with E-state index in [4.69, 9.17) is 26.0 Å². The Balaban J connectivity index is 0.000000335. The van der Waals surface area contributed by atoms with Gasteiger partial charge in [-0.2, -0.15) is 15.8 Å². The first-order valence-corrected chi connectivity index (χ1v) is 74.8. The predicted octanol–water partition coefficient (Wildman–Crippen LogP) is 34.3. The molecule has 0 spiro atoms. The second-order valence-electron chi connectivity index (χ2n) is 40.0. The monoisotopic (exact) mass is 2440 g/mol. The van der Waals surface area contributed by atoms with Gasteiger partial charge in [0, 0.05) is 33.9 Å². The van der Waals surface area contributed by atoms with E-state index in [2.05, 4.69) is 505 Å². The lowest BCUT2D eigenvalue weighted by atomic mass is 10.1. The van der Waals surface area contributed by atoms with Crippen LogP contribution in [0.3, 0.4) is 0 Å². The molecule has 0 aromatic heterocycles. The molecule has 142 heavy (non-hydrogen) atoms. The smallest absolute Gasteiger partial charge is 0.0843 e. The molecular formula is C124H154Br7N3O2Si6. The molecule has 5 nitrogen and oxygen atoms in total. The molecule has 0 atom stereocenters. The van der Waals surface area contributed by atoms with Gasteiger partial charge in [0.1, 0.15) is 0 Å². The number of hydrogen-bond donors (Lipinski definition) is 2. The number of allylic oxidation sites excluding steroid dienone is 3. The molecule has 0 heterocycles. The van der Waals surface area contributed by atoms with Gasteiger partial charge in [-0.1, -0.05) is 572 Å². The summed E-state index contributed by atoms with van der Waals surface area (Å²) in [7, 11) is -7.92. The van der Waals surface area contributed by atoms with E-state index in [9.17, 15) is 0 Å². The number of rotatable bonds is 32. The van der Waals surface area contributed by atoms with Crippen molar-refractivity contribution in [1.82, 2.24) is 0 Å². The first-order valence-electron chi connectivity index (χ1n) is 49.1. The number of alkyl halides is 3. The van der Waals surface area contributed by atoms with Crippen LogP contribution in [-0.4, -0.2) is 58.7 Å². The van der Waals surface area contributed by atoms with Gasteiger partial charge in [-0.15, -0.1) is 19.7 Å². The van der Waals surface area contributed by atoms with Crippen molar-refractivity contribution in [3.05, 3.63) is 460 Å². The Labute approximate surface area is 922 Å². The number of aliphatic hydroxyl groups excluding tert-OH is 2. The maximum Gasteiger partial charge on any atom is 0.0843 e. The zero-order valence-electron chi connectivity index (χ0n) is 87.4. The molecule has 13 rings (SSSR count). The second kappa shape index (κ2) is 68.6. The minimum atomic E-state index is -1.37. The summed E-state index contributed by atoms with van der Waals surface area (Å²) in [4.78, 5) is 0. The van der Waals surface area contributed by atoms with Crippen molar-refractivity contribution in [2.45, 2.75) is 236 Å². The van der Waals surface area contributed by atoms with Gasteiger partial charge in [0.25, 0.3) is 0 Å². The number of aryl methyl sites for hydroxylation is 8. The van der Waals surface area contributed by atoms with Gasteiger partial charge in [-0.25, -0.2) is 0 Å². The molecule has 0 aliphatic rings. The highest BCUT2D eigenvalue weighted by atomic mass is 79.9. The third-order valence-electron chi connectivity index (χ3n) is 25.1. The lowest BCUT2D eigenvalue weighted by molar-refractivity contribution is 0.281. The minimum absolute atomic E-state index is 0.129. The standard InChI is InChI=1S/C20H25NSi.C19H25BrSi.C19H26OSi.C13H17NSi.C12H17BrSi.C12H18OSi.C8H6BrN.C7H6Br2.2C7H7Br/c1-17-6-8-18(9-7-17)5-4-16-22(2,3)20-12-10-19(11-13-20)14-15-21;2*1-16-6-8-17(9-7-16)5-4-14-21(2,3)19-12-10-18(15-20)11-13-19;1-4-11-15(2,3)13-7-5-12(6-8-13)9-10-14;2*1-4-9-14(2,3)12-7-5-11(10-13)6-8-12;9-8-3-1-7(2-4-8)5-6-10;8-5-6-1-3-7(9)4-2-6;2*1-6-2-4-7(8)5-3-6/h6-13H,4-5,14,16H2,1-3H3;6-13H,4-5,14-15H2,1-3H3;6-13,20H,4-5,14-15H2,1-3H3;4-8H,1,9,11H2,2-3H3;4-8H,1,9-10H2,2-3H3;4-8,13H,1,9-10H2,2-3H3;1-4H,5H2;1-4H,5H2;2*2-5H,1H3. The summed E-state index contributed by atoms with van der Waals surface area (Å²) in [5.74, 6) is 0. The van der Waals surface area contributed by atoms with Gasteiger partial charge in [0.05, 0.1) is 99.1 Å². The van der Waals surface area contributed by atoms with Crippen LogP contribution in [0.4, 0.5) is 0 Å². The number of nitriles is 3. The Hall–Kier alpha value is -7.87. The Kier molecular flexibility index (Phi) is 61.0. The largest absolute Gasteiger partial charge is 0.392 e. The van der Waals surface area contributed by atoms with Crippen molar-refractivity contribution >= 4 is 191 Å². The average Bonchev–Trinajstić information content (AvgIpc) is 0.851. The van der Waals surface area contributed by atoms with Gasteiger partial charge >= 0.3 is 0 Å². The van der Waals surface area contributed by atoms with Crippen molar-refractivity contribution in [2.75, 3.05) is 0 Å². The van der Waals surface area contributed by atoms with E-state index in [0.29, 0.717) is 19.3 Å². The third kappa shape index (κ3) is 51.5. The quantitative estimate of drug-likeness (QED) is 0.0248. The van der Waals surface area contributed by atoms with Gasteiger partial charge in [-0.05, 0) is 182 Å². The van der Waals surface area contributed by atoms with Crippen molar-refractivity contribution in [3.63, 3.8) is 0 Å². The summed E-state index contributed by atoms with van der Waals surface area (Å²) in [6.45, 7) is 51.2. The summed E-state index contributed by atoms with van der Waals surface area (Å²) in [5.41, 5.74) is 20.3. The van der Waals surface area contributed by atoms with E-state index in [0.717, 1.165) is 79.8 Å². The highest BCUT2D eigenvalue weighted by Gasteiger charge is 2.27. The molecule has 0 aliphatic carbocycles. The SMILES string of the molecule is BrCc1ccc(Br)cc1.C=CC[Si](C)(C)c1ccc(CBr)cc1.C=CC[Si](C)(C)c1ccc(CC#N)cc1.C=CC[Si](C)(C)c1ccc(CO)cc1.Cc1ccc(Br)cc1.Cc1ccc(Br)cc1.Cc1ccc(CCC[Si](C)(C)c2ccc(CBr)cc2)cc1.Cc1ccc(CCC[Si](C)(C)c2ccc(CC#N)cc2)cc1.Cc1ccc(CCC[Si](C)(C)c2ccc(CO)cc2)cc1.N#CCc1ccc(Br)cc1. The van der Waals surface area contributed by atoms with Crippen LogP contribution in [0.15, 0.2) is 371 Å². The number of benzene rings is 13. The van der Waals surface area contributed by atoms with E-state index in [1.807, 2.05) is 91.0 Å². The van der Waals surface area contributed by atoms with E-state index >= 15 is 0 Å². The lowest BCUT2D eigenvalue weighted by Crippen LogP contribution is -2.41. The predicted molar refractivity (Wildman–Crippen MR) is 663 cm³/mol. The summed E-state index contributed by atoms with van der Waals surface area (Å²) < 4.78 is 4.47. The fraction of sp³-hybridized carbons (Fsp3) is 0.298. The van der Waals surface area contributed by atoms with Gasteiger partial charge in [0.2, 0.25) is 0 Å². The molecule has 0 saturated carbocycles. The number of hydrogen-bond acceptors (Lipinski definition) is 5. The molecule has 0 amide bonds. The first-order chi connectivity index (χ1) is 67.5. The van der Waals surface area contributed by atoms with Crippen LogP contribution in [-0.2, 0) is 67.7 Å². The van der Waals surface area contributed by atoms with E-state index in [1.54, 1.807) is 5.19 Å². The highest BCUT2D eigenvalue weighted by molar-refractivity contribution is 9.11. The molecule has 0 unspecified atom stereocenters. The van der Waals surface area contributed by atoms with Crippen LogP contribution >= 0.6 is 112 Å². The van der Waals surface area contributed by atoms with Crippen molar-refractivity contribution < 1.29 is 10.2 Å². The Morgan fingerprint density at radius 2 is 0.387 bits per heavy atom. The van der Waals surface area contributed by atoms with Crippen molar-refractivity contribution in [2.24, 2.45) is 0 Å². The van der Waals surface area contributed by atoms with E-state index < -0.39 is 48.4 Å². The molecule has 0 saturated heterocycles. The van der Waals surface area contributed by atoms with E-state index in [1.165, 1.54) is 144 Å². The van der Waals surface area contributed by atoms with Gasteiger partial charge in [0.15, 0.2) is 0 Å². The number of aliphatic hydroxyl groups is 2. The normalized spacial score (nSPS) is 10.8.